The molecule has 0 aliphatic rings. The van der Waals surface area contributed by atoms with Crippen LogP contribution in [0.25, 0.3) is 83.9 Å². The number of rotatable bonds is 10. The third-order valence-corrected chi connectivity index (χ3v) is 14.9. The first-order chi connectivity index (χ1) is 35.7. The standard InChI is InChI=1S/C70H61N3O/c1-68(2,3)57-35-37-63(60(45-57)49-23-14-9-15-24-49)73-64-30-20-29-59(66(64)72-67(73)61-46-58(69(4,5)6)36-38-65(61)74)52-41-51(47-21-12-8-13-22-47)42-53(43-52)62-44-50(39-40-71-62)48-31-33-56(34-32-48)70(7,54-25-16-10-17-26-54)55-27-18-11-19-28-55/h8-46,74H,1-7H3. The summed E-state index contributed by atoms with van der Waals surface area (Å²) in [6.07, 6.45) is 1.92. The number of imidazole rings is 1. The van der Waals surface area contributed by atoms with E-state index >= 15 is 0 Å². The van der Waals surface area contributed by atoms with Crippen LogP contribution in [0, 0.1) is 0 Å². The number of pyridine rings is 1. The zero-order valence-corrected chi connectivity index (χ0v) is 43.3. The van der Waals surface area contributed by atoms with Gasteiger partial charge in [0.05, 0.1) is 28.0 Å². The molecule has 11 rings (SSSR count). The van der Waals surface area contributed by atoms with Gasteiger partial charge in [-0.1, -0.05) is 211 Å². The minimum atomic E-state index is -0.337. The fourth-order valence-corrected chi connectivity index (χ4v) is 10.5. The summed E-state index contributed by atoms with van der Waals surface area (Å²) in [7, 11) is 0. The van der Waals surface area contributed by atoms with Crippen molar-refractivity contribution >= 4 is 11.0 Å². The first-order valence-corrected chi connectivity index (χ1v) is 25.7. The van der Waals surface area contributed by atoms with E-state index in [0.29, 0.717) is 11.4 Å². The molecule has 0 saturated carbocycles. The van der Waals surface area contributed by atoms with E-state index < -0.39 is 0 Å². The quantitative estimate of drug-likeness (QED) is 0.139. The molecule has 0 unspecified atom stereocenters. The molecular weight excluding hydrogens is 899 g/mol. The monoisotopic (exact) mass is 959 g/mol. The third-order valence-electron chi connectivity index (χ3n) is 14.9. The molecular formula is C70H61N3O. The second-order valence-corrected chi connectivity index (χ2v) is 21.8. The Hall–Kier alpha value is -8.60. The van der Waals surface area contributed by atoms with Crippen molar-refractivity contribution in [3.05, 3.63) is 265 Å². The highest BCUT2D eigenvalue weighted by atomic mass is 16.3. The van der Waals surface area contributed by atoms with Crippen molar-refractivity contribution in [3.8, 4) is 78.6 Å². The summed E-state index contributed by atoms with van der Waals surface area (Å²) in [4.78, 5) is 10.7. The normalized spacial score (nSPS) is 12.0. The van der Waals surface area contributed by atoms with E-state index in [9.17, 15) is 5.11 Å². The van der Waals surface area contributed by atoms with Crippen LogP contribution >= 0.6 is 0 Å². The minimum Gasteiger partial charge on any atom is -0.507 e. The second-order valence-electron chi connectivity index (χ2n) is 21.8. The van der Waals surface area contributed by atoms with E-state index in [1.54, 1.807) is 0 Å². The third kappa shape index (κ3) is 9.02. The van der Waals surface area contributed by atoms with Crippen molar-refractivity contribution in [3.63, 3.8) is 0 Å². The van der Waals surface area contributed by atoms with Crippen molar-refractivity contribution in [2.75, 3.05) is 0 Å². The Morgan fingerprint density at radius 3 is 1.50 bits per heavy atom. The molecule has 0 radical (unpaired) electrons. The molecule has 0 fully saturated rings. The summed E-state index contributed by atoms with van der Waals surface area (Å²) in [6, 6.07) is 82.1. The molecule has 2 aromatic heterocycles. The lowest BCUT2D eigenvalue weighted by molar-refractivity contribution is 0.475. The number of para-hydroxylation sites is 1. The Labute approximate surface area is 436 Å². The summed E-state index contributed by atoms with van der Waals surface area (Å²) in [5.41, 5.74) is 19.4. The first kappa shape index (κ1) is 47.7. The average molecular weight is 960 g/mol. The zero-order chi connectivity index (χ0) is 51.2. The summed E-state index contributed by atoms with van der Waals surface area (Å²) in [6.45, 7) is 15.7. The lowest BCUT2D eigenvalue weighted by Crippen LogP contribution is -2.25. The van der Waals surface area contributed by atoms with E-state index in [2.05, 4.69) is 271 Å². The van der Waals surface area contributed by atoms with Gasteiger partial charge in [0, 0.05) is 28.3 Å². The molecule has 1 N–H and O–H groups in total. The van der Waals surface area contributed by atoms with Crippen LogP contribution in [0.3, 0.4) is 0 Å². The van der Waals surface area contributed by atoms with Crippen LogP contribution in [0.5, 0.6) is 5.75 Å². The van der Waals surface area contributed by atoms with Crippen molar-refractivity contribution in [1.82, 2.24) is 14.5 Å². The highest BCUT2D eigenvalue weighted by Gasteiger charge is 2.31. The van der Waals surface area contributed by atoms with Gasteiger partial charge in [0.25, 0.3) is 0 Å². The van der Waals surface area contributed by atoms with Crippen LogP contribution in [0.4, 0.5) is 0 Å². The van der Waals surface area contributed by atoms with E-state index in [4.69, 9.17) is 9.97 Å². The average Bonchev–Trinajstić information content (AvgIpc) is 3.82. The molecule has 0 aliphatic carbocycles. The Bertz CT molecular complexity index is 3750. The van der Waals surface area contributed by atoms with Gasteiger partial charge < -0.3 is 5.11 Å². The maximum atomic E-state index is 11.9. The minimum absolute atomic E-state index is 0.0813. The Morgan fingerprint density at radius 2 is 0.878 bits per heavy atom. The van der Waals surface area contributed by atoms with Crippen LogP contribution < -0.4 is 0 Å². The van der Waals surface area contributed by atoms with Gasteiger partial charge in [-0.15, -0.1) is 0 Å². The topological polar surface area (TPSA) is 50.9 Å². The van der Waals surface area contributed by atoms with Crippen molar-refractivity contribution in [2.45, 2.75) is 64.7 Å². The van der Waals surface area contributed by atoms with E-state index in [-0.39, 0.29) is 22.0 Å². The molecule has 9 aromatic carbocycles. The maximum Gasteiger partial charge on any atom is 0.149 e. The number of hydrogen-bond donors (Lipinski definition) is 1. The van der Waals surface area contributed by atoms with Gasteiger partial charge in [0.1, 0.15) is 11.6 Å². The summed E-state index contributed by atoms with van der Waals surface area (Å²) in [5, 5.41) is 11.9. The van der Waals surface area contributed by atoms with Gasteiger partial charge in [-0.05, 0) is 140 Å². The van der Waals surface area contributed by atoms with E-state index in [0.717, 1.165) is 78.0 Å². The first-order valence-electron chi connectivity index (χ1n) is 25.7. The number of fused-ring (bicyclic) bond motifs is 1. The number of aromatic nitrogens is 3. The molecule has 2 heterocycles. The molecule has 362 valence electrons. The number of hydrogen-bond acceptors (Lipinski definition) is 3. The number of phenols is 1. The number of aromatic hydroxyl groups is 1. The predicted octanol–water partition coefficient (Wildman–Crippen LogP) is 18.1. The van der Waals surface area contributed by atoms with Crippen molar-refractivity contribution in [1.29, 1.82) is 0 Å². The summed E-state index contributed by atoms with van der Waals surface area (Å²) >= 11 is 0. The van der Waals surface area contributed by atoms with Gasteiger partial charge in [0.15, 0.2) is 0 Å². The van der Waals surface area contributed by atoms with Gasteiger partial charge in [-0.25, -0.2) is 4.98 Å². The predicted molar refractivity (Wildman–Crippen MR) is 309 cm³/mol. The summed E-state index contributed by atoms with van der Waals surface area (Å²) in [5.74, 6) is 0.850. The smallest absolute Gasteiger partial charge is 0.149 e. The molecule has 0 bridgehead atoms. The molecule has 0 amide bonds. The number of nitrogens with zero attached hydrogens (tertiary/aromatic N) is 3. The lowest BCUT2D eigenvalue weighted by Gasteiger charge is -2.32. The second kappa shape index (κ2) is 19.1. The SMILES string of the molecule is CC(C)(C)c1ccc(O)c(-c2nc3c(-c4cc(-c5ccccc5)cc(-c5cc(-c6ccc(C(C)(c7ccccc7)c7ccccc7)cc6)ccn5)c4)cccc3n2-c2ccc(C(C)(C)C)cc2-c2ccccc2)c1. The van der Waals surface area contributed by atoms with Gasteiger partial charge in [-0.3, -0.25) is 9.55 Å². The fraction of sp³-hybridized carbons (Fsp3) is 0.143. The van der Waals surface area contributed by atoms with Crippen LogP contribution in [-0.4, -0.2) is 19.6 Å². The molecule has 4 heteroatoms. The number of phenolic OH excluding ortho intramolecular Hbond substituents is 1. The lowest BCUT2D eigenvalue weighted by atomic mass is 9.71. The molecule has 0 spiro atoms. The van der Waals surface area contributed by atoms with Gasteiger partial charge >= 0.3 is 0 Å². The molecule has 11 aromatic rings. The molecule has 0 atom stereocenters. The maximum absolute atomic E-state index is 11.9. The largest absolute Gasteiger partial charge is 0.507 e. The zero-order valence-electron chi connectivity index (χ0n) is 43.3. The van der Waals surface area contributed by atoms with Gasteiger partial charge in [-0.2, -0.15) is 0 Å². The highest BCUT2D eigenvalue weighted by molar-refractivity contribution is 5.98. The van der Waals surface area contributed by atoms with Crippen LogP contribution in [-0.2, 0) is 16.2 Å². The molecule has 74 heavy (non-hydrogen) atoms. The van der Waals surface area contributed by atoms with E-state index in [1.165, 1.54) is 22.3 Å². The van der Waals surface area contributed by atoms with Gasteiger partial charge in [0.2, 0.25) is 0 Å². The Morgan fingerprint density at radius 1 is 0.365 bits per heavy atom. The van der Waals surface area contributed by atoms with E-state index in [1.807, 2.05) is 18.3 Å². The van der Waals surface area contributed by atoms with Crippen LogP contribution in [0.15, 0.2) is 237 Å². The summed E-state index contributed by atoms with van der Waals surface area (Å²) < 4.78 is 2.26. The van der Waals surface area contributed by atoms with Crippen molar-refractivity contribution in [2.24, 2.45) is 0 Å². The molecule has 4 nitrogen and oxygen atoms in total. The molecule has 0 saturated heterocycles. The Kier molecular flexibility index (Phi) is 12.3. The van der Waals surface area contributed by atoms with Crippen LogP contribution in [0.2, 0.25) is 0 Å². The Balaban J connectivity index is 1.09. The molecule has 0 aliphatic heterocycles. The highest BCUT2D eigenvalue weighted by Crippen LogP contribution is 2.44. The number of benzene rings is 9. The van der Waals surface area contributed by atoms with Crippen molar-refractivity contribution < 1.29 is 5.11 Å². The van der Waals surface area contributed by atoms with Crippen LogP contribution in [0.1, 0.15) is 76.3 Å². The fourth-order valence-electron chi connectivity index (χ4n) is 10.5.